The molecule has 3 nitrogen and oxygen atoms in total. The third-order valence-electron chi connectivity index (χ3n) is 3.35. The predicted octanol–water partition coefficient (Wildman–Crippen LogP) is 4.49. The first-order valence-electron chi connectivity index (χ1n) is 7.28. The fourth-order valence-corrected chi connectivity index (χ4v) is 2.96. The summed E-state index contributed by atoms with van der Waals surface area (Å²) in [6.07, 6.45) is -2.45. The number of hydrogen-bond acceptors (Lipinski definition) is 3. The number of nitrogens with zero attached hydrogens (tertiary/aromatic N) is 3. The quantitative estimate of drug-likeness (QED) is 0.614. The van der Waals surface area contributed by atoms with Crippen molar-refractivity contribution in [2.24, 2.45) is 0 Å². The summed E-state index contributed by atoms with van der Waals surface area (Å²) in [6.45, 7) is 0.378. The zero-order chi connectivity index (χ0) is 16.9. The summed E-state index contributed by atoms with van der Waals surface area (Å²) in [5, 5.41) is 8.35. The molecule has 3 aromatic rings. The van der Waals surface area contributed by atoms with Gasteiger partial charge >= 0.3 is 0 Å². The van der Waals surface area contributed by atoms with Crippen LogP contribution in [-0.4, -0.2) is 26.9 Å². The summed E-state index contributed by atoms with van der Waals surface area (Å²) < 4.78 is 40.8. The average molecular weight is 349 g/mol. The molecule has 0 fully saturated rings. The van der Waals surface area contributed by atoms with Crippen LogP contribution in [0.3, 0.4) is 0 Å². The lowest BCUT2D eigenvalue weighted by Crippen LogP contribution is -2.06. The Hall–Kier alpha value is -2.28. The van der Waals surface area contributed by atoms with Gasteiger partial charge in [0.25, 0.3) is 0 Å². The van der Waals surface area contributed by atoms with Crippen molar-refractivity contribution in [1.29, 1.82) is 0 Å². The van der Waals surface area contributed by atoms with Gasteiger partial charge in [-0.05, 0) is 17.7 Å². The number of alkyl halides is 2. The Morgan fingerprint density at radius 1 is 0.958 bits per heavy atom. The van der Waals surface area contributed by atoms with Crippen LogP contribution in [0.25, 0.3) is 11.4 Å². The molecule has 0 aliphatic carbocycles. The van der Waals surface area contributed by atoms with Crippen LogP contribution < -0.4 is 0 Å². The van der Waals surface area contributed by atoms with Crippen LogP contribution in [0.4, 0.5) is 13.2 Å². The molecule has 0 bridgehead atoms. The molecule has 7 heteroatoms. The summed E-state index contributed by atoms with van der Waals surface area (Å²) >= 11 is 0.913. The number of thioether (sulfide) groups is 1. The van der Waals surface area contributed by atoms with Crippen LogP contribution in [0.5, 0.6) is 0 Å². The first-order valence-corrected chi connectivity index (χ1v) is 8.26. The lowest BCUT2D eigenvalue weighted by atomic mass is 10.2. The van der Waals surface area contributed by atoms with Gasteiger partial charge in [0, 0.05) is 0 Å². The molecule has 0 saturated heterocycles. The van der Waals surface area contributed by atoms with Crippen molar-refractivity contribution in [1.82, 2.24) is 14.8 Å². The van der Waals surface area contributed by atoms with Gasteiger partial charge in [-0.25, -0.2) is 13.2 Å². The molecular weight excluding hydrogens is 335 g/mol. The zero-order valence-electron chi connectivity index (χ0n) is 12.6. The number of aromatic nitrogens is 3. The van der Waals surface area contributed by atoms with Crippen molar-refractivity contribution in [3.63, 3.8) is 0 Å². The zero-order valence-corrected chi connectivity index (χ0v) is 13.4. The SMILES string of the molecule is Fc1ccccc1-c1nnc(SCC(F)F)n1Cc1ccccc1. The highest BCUT2D eigenvalue weighted by Gasteiger charge is 2.18. The van der Waals surface area contributed by atoms with E-state index in [0.717, 1.165) is 17.3 Å². The van der Waals surface area contributed by atoms with Crippen molar-refractivity contribution >= 4 is 11.8 Å². The van der Waals surface area contributed by atoms with Crippen molar-refractivity contribution in [3.05, 3.63) is 66.0 Å². The molecule has 24 heavy (non-hydrogen) atoms. The Morgan fingerprint density at radius 3 is 2.38 bits per heavy atom. The minimum Gasteiger partial charge on any atom is -0.297 e. The maximum absolute atomic E-state index is 14.1. The lowest BCUT2D eigenvalue weighted by molar-refractivity contribution is 0.176. The molecule has 1 aromatic heterocycles. The molecule has 124 valence electrons. The Morgan fingerprint density at radius 2 is 1.67 bits per heavy atom. The van der Waals surface area contributed by atoms with E-state index in [1.54, 1.807) is 22.8 Å². The van der Waals surface area contributed by atoms with E-state index in [0.29, 0.717) is 23.1 Å². The second-order valence-corrected chi connectivity index (χ2v) is 6.05. The lowest BCUT2D eigenvalue weighted by Gasteiger charge is -2.11. The second kappa shape index (κ2) is 7.53. The molecule has 0 aliphatic rings. The van der Waals surface area contributed by atoms with Crippen molar-refractivity contribution in [3.8, 4) is 11.4 Å². The average Bonchev–Trinajstić information content (AvgIpc) is 2.97. The van der Waals surface area contributed by atoms with Crippen molar-refractivity contribution in [2.45, 2.75) is 18.1 Å². The van der Waals surface area contributed by atoms with Gasteiger partial charge < -0.3 is 0 Å². The molecule has 1 heterocycles. The summed E-state index contributed by atoms with van der Waals surface area (Å²) in [7, 11) is 0. The largest absolute Gasteiger partial charge is 0.297 e. The monoisotopic (exact) mass is 349 g/mol. The van der Waals surface area contributed by atoms with E-state index in [9.17, 15) is 13.2 Å². The highest BCUT2D eigenvalue weighted by molar-refractivity contribution is 7.99. The molecule has 0 unspecified atom stereocenters. The maximum Gasteiger partial charge on any atom is 0.248 e. The highest BCUT2D eigenvalue weighted by Crippen LogP contribution is 2.27. The Balaban J connectivity index is 2.01. The highest BCUT2D eigenvalue weighted by atomic mass is 32.2. The fraction of sp³-hybridized carbons (Fsp3) is 0.176. The second-order valence-electron chi connectivity index (χ2n) is 5.06. The Bertz CT molecular complexity index is 806. The predicted molar refractivity (Wildman–Crippen MR) is 87.7 cm³/mol. The van der Waals surface area contributed by atoms with Gasteiger partial charge in [0.2, 0.25) is 6.43 Å². The molecule has 0 spiro atoms. The molecule has 3 rings (SSSR count). The summed E-state index contributed by atoms with van der Waals surface area (Å²) in [6, 6.07) is 15.7. The third-order valence-corrected chi connectivity index (χ3v) is 4.33. The van der Waals surface area contributed by atoms with Gasteiger partial charge in [0.1, 0.15) is 5.82 Å². The third kappa shape index (κ3) is 3.79. The van der Waals surface area contributed by atoms with E-state index in [4.69, 9.17) is 0 Å². The van der Waals surface area contributed by atoms with E-state index >= 15 is 0 Å². The van der Waals surface area contributed by atoms with Crippen LogP contribution in [0.2, 0.25) is 0 Å². The molecule has 0 saturated carbocycles. The van der Waals surface area contributed by atoms with Crippen molar-refractivity contribution < 1.29 is 13.2 Å². The summed E-state index contributed by atoms with van der Waals surface area (Å²) in [4.78, 5) is 0. The van der Waals surface area contributed by atoms with E-state index in [2.05, 4.69) is 10.2 Å². The normalized spacial score (nSPS) is 11.2. The Kier molecular flexibility index (Phi) is 5.20. The van der Waals surface area contributed by atoms with Gasteiger partial charge in [-0.15, -0.1) is 10.2 Å². The topological polar surface area (TPSA) is 30.7 Å². The number of hydrogen-bond donors (Lipinski definition) is 0. The van der Waals surface area contributed by atoms with E-state index in [1.807, 2.05) is 30.3 Å². The molecule has 0 radical (unpaired) electrons. The van der Waals surface area contributed by atoms with Crippen LogP contribution >= 0.6 is 11.8 Å². The van der Waals surface area contributed by atoms with Gasteiger partial charge in [0.15, 0.2) is 11.0 Å². The summed E-state index contributed by atoms with van der Waals surface area (Å²) in [5.74, 6) is -0.483. The Labute approximate surface area is 141 Å². The summed E-state index contributed by atoms with van der Waals surface area (Å²) in [5.41, 5.74) is 1.25. The maximum atomic E-state index is 14.1. The minimum atomic E-state index is -2.45. The van der Waals surface area contributed by atoms with Gasteiger partial charge in [-0.3, -0.25) is 4.57 Å². The molecular formula is C17H14F3N3S. The van der Waals surface area contributed by atoms with Crippen LogP contribution in [0.1, 0.15) is 5.56 Å². The number of rotatable bonds is 6. The molecule has 0 amide bonds. The van der Waals surface area contributed by atoms with E-state index < -0.39 is 12.2 Å². The first-order chi connectivity index (χ1) is 11.6. The van der Waals surface area contributed by atoms with Gasteiger partial charge in [-0.2, -0.15) is 0 Å². The number of benzene rings is 2. The number of halogens is 3. The molecule has 0 atom stereocenters. The van der Waals surface area contributed by atoms with Gasteiger partial charge in [-0.1, -0.05) is 54.2 Å². The van der Waals surface area contributed by atoms with Gasteiger partial charge in [0.05, 0.1) is 17.9 Å². The van der Waals surface area contributed by atoms with Crippen LogP contribution in [0, 0.1) is 5.82 Å². The molecule has 0 N–H and O–H groups in total. The van der Waals surface area contributed by atoms with Crippen LogP contribution in [-0.2, 0) is 6.54 Å². The van der Waals surface area contributed by atoms with E-state index in [-0.39, 0.29) is 5.75 Å². The molecule has 2 aromatic carbocycles. The minimum absolute atomic E-state index is 0.296. The van der Waals surface area contributed by atoms with E-state index in [1.165, 1.54) is 6.07 Å². The fourth-order valence-electron chi connectivity index (χ4n) is 2.28. The van der Waals surface area contributed by atoms with Crippen LogP contribution in [0.15, 0.2) is 59.8 Å². The first kappa shape index (κ1) is 16.6. The smallest absolute Gasteiger partial charge is 0.248 e. The van der Waals surface area contributed by atoms with Crippen molar-refractivity contribution in [2.75, 3.05) is 5.75 Å². The standard InChI is InChI=1S/C17H14F3N3S/c18-14-9-5-4-8-13(14)16-21-22-17(24-11-15(19)20)23(16)10-12-6-2-1-3-7-12/h1-9,15H,10-11H2. The molecule has 0 aliphatic heterocycles.